The zero-order valence-corrected chi connectivity index (χ0v) is 11.8. The second-order valence-electron chi connectivity index (χ2n) is 4.77. The number of methoxy groups -OCH3 is 1. The third-order valence-corrected chi connectivity index (χ3v) is 3.37. The van der Waals surface area contributed by atoms with Crippen molar-refractivity contribution in [1.29, 1.82) is 0 Å². The summed E-state index contributed by atoms with van der Waals surface area (Å²) in [6, 6.07) is 6.92. The predicted molar refractivity (Wildman–Crippen MR) is 78.6 cm³/mol. The van der Waals surface area contributed by atoms with E-state index < -0.39 is 11.9 Å². The number of fused-ring (bicyclic) bond motifs is 1. The highest BCUT2D eigenvalue weighted by Crippen LogP contribution is 2.23. The Morgan fingerprint density at radius 2 is 2.05 bits per heavy atom. The molecule has 3 rings (SSSR count). The number of carbonyl (C=O) groups is 3. The topological polar surface area (TPSA) is 89.4 Å². The number of hydrogen-bond donors (Lipinski definition) is 2. The predicted octanol–water partition coefficient (Wildman–Crippen LogP) is 0.995. The number of rotatable bonds is 3. The van der Waals surface area contributed by atoms with Gasteiger partial charge in [0.25, 0.3) is 5.91 Å². The minimum atomic E-state index is -0.547. The summed E-state index contributed by atoms with van der Waals surface area (Å²) in [6.45, 7) is 0.0682. The highest BCUT2D eigenvalue weighted by molar-refractivity contribution is 6.14. The van der Waals surface area contributed by atoms with Crippen molar-refractivity contribution in [2.75, 3.05) is 7.11 Å². The van der Waals surface area contributed by atoms with Crippen molar-refractivity contribution < 1.29 is 19.1 Å². The minimum absolute atomic E-state index is 0.0682. The van der Waals surface area contributed by atoms with Gasteiger partial charge in [-0.2, -0.15) is 0 Å². The molecule has 2 aromatic rings. The normalized spacial score (nSPS) is 16.0. The van der Waals surface area contributed by atoms with Crippen molar-refractivity contribution in [3.05, 3.63) is 41.7 Å². The van der Waals surface area contributed by atoms with Gasteiger partial charge in [0, 0.05) is 22.7 Å². The van der Waals surface area contributed by atoms with Gasteiger partial charge in [-0.25, -0.2) is 4.79 Å². The molecule has 0 spiro atoms. The molecule has 1 aliphatic heterocycles. The fourth-order valence-electron chi connectivity index (χ4n) is 2.36. The molecule has 1 aliphatic rings. The molecule has 7 nitrogen and oxygen atoms in total. The van der Waals surface area contributed by atoms with Crippen LogP contribution in [0.1, 0.15) is 5.56 Å². The molecule has 7 heteroatoms. The van der Waals surface area contributed by atoms with Gasteiger partial charge in [0.05, 0.1) is 7.11 Å². The van der Waals surface area contributed by atoms with Crippen molar-refractivity contribution in [1.82, 2.24) is 15.2 Å². The first kappa shape index (κ1) is 13.9. The van der Waals surface area contributed by atoms with Gasteiger partial charge in [0.1, 0.15) is 12.2 Å². The smallest absolute Gasteiger partial charge is 0.326 e. The van der Waals surface area contributed by atoms with Crippen molar-refractivity contribution >= 4 is 34.9 Å². The van der Waals surface area contributed by atoms with Crippen LogP contribution in [0.4, 0.5) is 4.79 Å². The largest absolute Gasteiger partial charge is 0.468 e. The second-order valence-corrected chi connectivity index (χ2v) is 4.77. The number of aromatic nitrogens is 1. The monoisotopic (exact) mass is 299 g/mol. The maximum absolute atomic E-state index is 11.6. The van der Waals surface area contributed by atoms with Crippen molar-refractivity contribution in [3.63, 3.8) is 0 Å². The van der Waals surface area contributed by atoms with E-state index in [2.05, 4.69) is 15.4 Å². The van der Waals surface area contributed by atoms with Gasteiger partial charge in [-0.3, -0.25) is 14.9 Å². The second kappa shape index (κ2) is 5.36. The molecule has 2 N–H and O–H groups in total. The Labute approximate surface area is 125 Å². The first-order chi connectivity index (χ1) is 10.6. The molecule has 0 radical (unpaired) electrons. The zero-order chi connectivity index (χ0) is 15.7. The van der Waals surface area contributed by atoms with Crippen LogP contribution >= 0.6 is 0 Å². The molecule has 0 aliphatic carbocycles. The van der Waals surface area contributed by atoms with Gasteiger partial charge in [-0.1, -0.05) is 18.2 Å². The Morgan fingerprint density at radius 3 is 2.73 bits per heavy atom. The lowest BCUT2D eigenvalue weighted by Gasteiger charge is -2.02. The van der Waals surface area contributed by atoms with Crippen LogP contribution in [0, 0.1) is 0 Å². The van der Waals surface area contributed by atoms with E-state index in [4.69, 9.17) is 0 Å². The summed E-state index contributed by atoms with van der Waals surface area (Å²) >= 11 is 0. The summed E-state index contributed by atoms with van der Waals surface area (Å²) in [7, 11) is 1.33. The SMILES string of the molecule is COC(=O)Cn1cc(C=C2NC(=O)NC2=O)c2ccccc21. The van der Waals surface area contributed by atoms with Gasteiger partial charge in [0.15, 0.2) is 0 Å². The number of hydrogen-bond acceptors (Lipinski definition) is 4. The Kier molecular flexibility index (Phi) is 3.38. The number of nitrogens with zero attached hydrogens (tertiary/aromatic N) is 1. The van der Waals surface area contributed by atoms with Gasteiger partial charge >= 0.3 is 12.0 Å². The van der Waals surface area contributed by atoms with Gasteiger partial charge < -0.3 is 14.6 Å². The van der Waals surface area contributed by atoms with E-state index in [0.29, 0.717) is 0 Å². The third kappa shape index (κ3) is 2.44. The summed E-state index contributed by atoms with van der Waals surface area (Å²) in [5.41, 5.74) is 1.74. The molecule has 3 amide bonds. The maximum atomic E-state index is 11.6. The van der Waals surface area contributed by atoms with E-state index in [1.807, 2.05) is 24.3 Å². The number of carbonyl (C=O) groups excluding carboxylic acids is 3. The Balaban J connectivity index is 2.07. The van der Waals surface area contributed by atoms with E-state index in [-0.39, 0.29) is 18.2 Å². The first-order valence-corrected chi connectivity index (χ1v) is 6.57. The van der Waals surface area contributed by atoms with Crippen molar-refractivity contribution in [3.8, 4) is 0 Å². The number of para-hydroxylation sites is 1. The van der Waals surface area contributed by atoms with E-state index >= 15 is 0 Å². The molecule has 22 heavy (non-hydrogen) atoms. The molecule has 0 unspecified atom stereocenters. The standard InChI is InChI=1S/C15H13N3O4/c1-22-13(19)8-18-7-9(10-4-2-3-5-12(10)18)6-11-14(20)17-15(21)16-11/h2-7H,8H2,1H3,(H2,16,17,20,21). The molecule has 0 bridgehead atoms. The average Bonchev–Trinajstić information content (AvgIpc) is 3.00. The summed E-state index contributed by atoms with van der Waals surface area (Å²) in [6.07, 6.45) is 3.32. The first-order valence-electron chi connectivity index (χ1n) is 6.57. The fourth-order valence-corrected chi connectivity index (χ4v) is 2.36. The van der Waals surface area contributed by atoms with Crippen LogP contribution < -0.4 is 10.6 Å². The number of ether oxygens (including phenoxy) is 1. The van der Waals surface area contributed by atoms with E-state index in [1.165, 1.54) is 7.11 Å². The van der Waals surface area contributed by atoms with E-state index in [1.54, 1.807) is 16.8 Å². The molecular formula is C15H13N3O4. The Bertz CT molecular complexity index is 819. The number of benzene rings is 1. The van der Waals surface area contributed by atoms with Crippen LogP contribution in [-0.4, -0.2) is 29.6 Å². The lowest BCUT2D eigenvalue weighted by atomic mass is 10.1. The summed E-state index contributed by atoms with van der Waals surface area (Å²) < 4.78 is 6.42. The van der Waals surface area contributed by atoms with E-state index in [9.17, 15) is 14.4 Å². The molecule has 1 saturated heterocycles. The van der Waals surface area contributed by atoms with E-state index in [0.717, 1.165) is 16.5 Å². The molecule has 0 saturated carbocycles. The highest BCUT2D eigenvalue weighted by atomic mass is 16.5. The number of esters is 1. The fraction of sp³-hybridized carbons (Fsp3) is 0.133. The number of amides is 3. The molecule has 0 atom stereocenters. The van der Waals surface area contributed by atoms with Crippen LogP contribution in [0.2, 0.25) is 0 Å². The van der Waals surface area contributed by atoms with Crippen molar-refractivity contribution in [2.45, 2.75) is 6.54 Å². The molecule has 112 valence electrons. The van der Waals surface area contributed by atoms with Crippen LogP contribution in [0.15, 0.2) is 36.2 Å². The van der Waals surface area contributed by atoms with Gasteiger partial charge in [-0.15, -0.1) is 0 Å². The molecule has 1 aromatic heterocycles. The number of urea groups is 1. The van der Waals surface area contributed by atoms with Crippen molar-refractivity contribution in [2.24, 2.45) is 0 Å². The Hall–Kier alpha value is -3.09. The zero-order valence-electron chi connectivity index (χ0n) is 11.8. The van der Waals surface area contributed by atoms with Crippen LogP contribution in [0.5, 0.6) is 0 Å². The maximum Gasteiger partial charge on any atom is 0.326 e. The molecule has 1 fully saturated rings. The summed E-state index contributed by atoms with van der Waals surface area (Å²) in [5.74, 6) is -0.846. The lowest BCUT2D eigenvalue weighted by Crippen LogP contribution is -2.22. The third-order valence-electron chi connectivity index (χ3n) is 3.37. The Morgan fingerprint density at radius 1 is 1.27 bits per heavy atom. The van der Waals surface area contributed by atoms with Crippen LogP contribution in [-0.2, 0) is 20.9 Å². The quantitative estimate of drug-likeness (QED) is 0.502. The minimum Gasteiger partial charge on any atom is -0.468 e. The highest BCUT2D eigenvalue weighted by Gasteiger charge is 2.23. The van der Waals surface area contributed by atoms with Gasteiger partial charge in [0.2, 0.25) is 0 Å². The summed E-state index contributed by atoms with van der Waals surface area (Å²) in [4.78, 5) is 34.3. The van der Waals surface area contributed by atoms with Gasteiger partial charge in [-0.05, 0) is 12.1 Å². The molecule has 1 aromatic carbocycles. The number of nitrogens with one attached hydrogen (secondary N) is 2. The molecular weight excluding hydrogens is 286 g/mol. The van der Waals surface area contributed by atoms with Crippen LogP contribution in [0.25, 0.3) is 17.0 Å². The molecule has 2 heterocycles. The average molecular weight is 299 g/mol. The lowest BCUT2D eigenvalue weighted by molar-refractivity contribution is -0.141. The summed E-state index contributed by atoms with van der Waals surface area (Å²) in [5, 5.41) is 5.45. The van der Waals surface area contributed by atoms with Crippen LogP contribution in [0.3, 0.4) is 0 Å². The number of imide groups is 1.